The Morgan fingerprint density at radius 2 is 2.00 bits per heavy atom. The van der Waals surface area contributed by atoms with Gasteiger partial charge in [-0.1, -0.05) is 0 Å². The third kappa shape index (κ3) is 3.48. The van der Waals surface area contributed by atoms with Crippen LogP contribution in [0.15, 0.2) is 48.8 Å². The van der Waals surface area contributed by atoms with E-state index in [1.54, 1.807) is 19.5 Å². The summed E-state index contributed by atoms with van der Waals surface area (Å²) in [7, 11) is 3.55. The van der Waals surface area contributed by atoms with Crippen LogP contribution < -0.4 is 15.4 Å². The number of nitrogens with one attached hydrogen (secondary N) is 2. The maximum atomic E-state index is 12.1. The van der Waals surface area contributed by atoms with Gasteiger partial charge >= 0.3 is 6.03 Å². The summed E-state index contributed by atoms with van der Waals surface area (Å²) in [5, 5.41) is 6.80. The zero-order valence-corrected chi connectivity index (χ0v) is 13.7. The molecule has 2 heterocycles. The lowest BCUT2D eigenvalue weighted by Gasteiger charge is -2.09. The summed E-state index contributed by atoms with van der Waals surface area (Å²) in [5.41, 5.74) is 2.14. The van der Waals surface area contributed by atoms with Gasteiger partial charge in [0.2, 0.25) is 0 Å². The molecule has 0 radical (unpaired) electrons. The number of anilines is 1. The molecular weight excluding hydrogens is 304 g/mol. The fourth-order valence-corrected chi connectivity index (χ4v) is 2.59. The molecule has 3 rings (SSSR count). The molecular formula is C18H20N4O2. The molecule has 0 aliphatic heterocycles. The lowest BCUT2D eigenvalue weighted by molar-refractivity contribution is 0.252. The summed E-state index contributed by atoms with van der Waals surface area (Å²) in [5.74, 6) is 1.52. The van der Waals surface area contributed by atoms with Gasteiger partial charge in [-0.3, -0.25) is 10.3 Å². The van der Waals surface area contributed by atoms with E-state index < -0.39 is 0 Å². The first-order chi connectivity index (χ1) is 11.7. The number of carbonyl (C=O) groups is 1. The Kier molecular flexibility index (Phi) is 4.65. The Bertz CT molecular complexity index is 843. The fourth-order valence-electron chi connectivity index (χ4n) is 2.59. The van der Waals surface area contributed by atoms with Crippen molar-refractivity contribution in [2.24, 2.45) is 7.05 Å². The Labute approximate surface area is 140 Å². The molecule has 2 aromatic heterocycles. The lowest BCUT2D eigenvalue weighted by Crippen LogP contribution is -2.31. The molecule has 6 heteroatoms. The van der Waals surface area contributed by atoms with E-state index in [9.17, 15) is 4.79 Å². The number of aromatic nitrogens is 2. The van der Waals surface area contributed by atoms with Gasteiger partial charge in [-0.15, -0.1) is 0 Å². The molecule has 0 spiro atoms. The van der Waals surface area contributed by atoms with E-state index >= 15 is 0 Å². The lowest BCUT2D eigenvalue weighted by atomic mass is 10.2. The van der Waals surface area contributed by atoms with E-state index in [4.69, 9.17) is 4.74 Å². The number of methoxy groups -OCH3 is 1. The van der Waals surface area contributed by atoms with Crippen molar-refractivity contribution in [3.8, 4) is 5.75 Å². The highest BCUT2D eigenvalue weighted by Gasteiger charge is 2.09. The number of amides is 2. The minimum absolute atomic E-state index is 0.220. The Balaban J connectivity index is 1.62. The van der Waals surface area contributed by atoms with Crippen LogP contribution in [-0.2, 0) is 13.5 Å². The summed E-state index contributed by atoms with van der Waals surface area (Å²) in [6, 6.07) is 11.4. The summed E-state index contributed by atoms with van der Waals surface area (Å²) in [4.78, 5) is 16.1. The zero-order valence-electron chi connectivity index (χ0n) is 13.7. The number of aryl methyl sites for hydroxylation is 1. The average Bonchev–Trinajstić information content (AvgIpc) is 2.91. The van der Waals surface area contributed by atoms with E-state index in [0.29, 0.717) is 6.54 Å². The van der Waals surface area contributed by atoms with E-state index in [-0.39, 0.29) is 6.03 Å². The second-order valence-corrected chi connectivity index (χ2v) is 5.50. The van der Waals surface area contributed by atoms with Crippen LogP contribution in [0, 0.1) is 0 Å². The van der Waals surface area contributed by atoms with Crippen LogP contribution in [0.3, 0.4) is 0 Å². The SMILES string of the molecule is COc1ccc2cc(NC(=O)NCCc3ccncc3)n(C)c2c1. The quantitative estimate of drug-likeness (QED) is 0.758. The van der Waals surface area contributed by atoms with Crippen LogP contribution in [0.5, 0.6) is 5.75 Å². The normalized spacial score (nSPS) is 10.6. The second-order valence-electron chi connectivity index (χ2n) is 5.50. The molecule has 2 amide bonds. The number of hydrogen-bond acceptors (Lipinski definition) is 3. The average molecular weight is 324 g/mol. The number of carbonyl (C=O) groups excluding carboxylic acids is 1. The summed E-state index contributed by atoms with van der Waals surface area (Å²) in [6.45, 7) is 0.563. The van der Waals surface area contributed by atoms with Gasteiger partial charge in [-0.2, -0.15) is 0 Å². The van der Waals surface area contributed by atoms with Crippen molar-refractivity contribution in [3.63, 3.8) is 0 Å². The number of pyridine rings is 1. The highest BCUT2D eigenvalue weighted by molar-refractivity contribution is 5.94. The van der Waals surface area contributed by atoms with E-state index in [1.165, 1.54) is 0 Å². The van der Waals surface area contributed by atoms with Gasteiger partial charge in [0.25, 0.3) is 0 Å². The Morgan fingerprint density at radius 1 is 1.21 bits per heavy atom. The van der Waals surface area contributed by atoms with Crippen molar-refractivity contribution in [1.82, 2.24) is 14.9 Å². The largest absolute Gasteiger partial charge is 0.497 e. The third-order valence-corrected chi connectivity index (χ3v) is 3.94. The summed E-state index contributed by atoms with van der Waals surface area (Å²) in [6.07, 6.45) is 4.26. The predicted octanol–water partition coefficient (Wildman–Crippen LogP) is 2.95. The monoisotopic (exact) mass is 324 g/mol. The Morgan fingerprint density at radius 3 is 2.75 bits per heavy atom. The number of rotatable bonds is 5. The number of nitrogens with zero attached hydrogens (tertiary/aromatic N) is 2. The van der Waals surface area contributed by atoms with Gasteiger partial charge in [0, 0.05) is 37.4 Å². The zero-order chi connectivity index (χ0) is 16.9. The second kappa shape index (κ2) is 7.04. The third-order valence-electron chi connectivity index (χ3n) is 3.94. The van der Waals surface area contributed by atoms with Gasteiger partial charge < -0.3 is 14.6 Å². The standard InChI is InChI=1S/C18H20N4O2/c1-22-16-12-15(24-2)4-3-14(16)11-17(22)21-18(23)20-10-7-13-5-8-19-9-6-13/h3-6,8-9,11-12H,7,10H2,1-2H3,(H2,20,21,23). The number of benzene rings is 1. The molecule has 0 aliphatic rings. The molecule has 2 N–H and O–H groups in total. The van der Waals surface area contributed by atoms with Crippen LogP contribution in [-0.4, -0.2) is 29.2 Å². The molecule has 6 nitrogen and oxygen atoms in total. The van der Waals surface area contributed by atoms with E-state index in [1.807, 2.05) is 48.0 Å². The van der Waals surface area contributed by atoms with Gasteiger partial charge in [0.05, 0.1) is 12.6 Å². The number of urea groups is 1. The molecule has 24 heavy (non-hydrogen) atoms. The minimum Gasteiger partial charge on any atom is -0.497 e. The van der Waals surface area contributed by atoms with Gasteiger partial charge in [-0.25, -0.2) is 4.79 Å². The van der Waals surface area contributed by atoms with Crippen LogP contribution in [0.1, 0.15) is 5.56 Å². The van der Waals surface area contributed by atoms with Crippen LogP contribution >= 0.6 is 0 Å². The van der Waals surface area contributed by atoms with Crippen LogP contribution in [0.4, 0.5) is 10.6 Å². The van der Waals surface area contributed by atoms with Crippen molar-refractivity contribution < 1.29 is 9.53 Å². The minimum atomic E-state index is -0.220. The van der Waals surface area contributed by atoms with Gasteiger partial charge in [-0.05, 0) is 42.3 Å². The van der Waals surface area contributed by atoms with Crippen LogP contribution in [0.25, 0.3) is 10.9 Å². The number of hydrogen-bond donors (Lipinski definition) is 2. The topological polar surface area (TPSA) is 68.2 Å². The van der Waals surface area contributed by atoms with Crippen molar-refractivity contribution in [2.75, 3.05) is 19.0 Å². The molecule has 0 bridgehead atoms. The van der Waals surface area contributed by atoms with E-state index in [2.05, 4.69) is 15.6 Å². The molecule has 0 atom stereocenters. The molecule has 1 aromatic carbocycles. The first kappa shape index (κ1) is 15.9. The van der Waals surface area contributed by atoms with Gasteiger partial charge in [0.1, 0.15) is 11.6 Å². The van der Waals surface area contributed by atoms with E-state index in [0.717, 1.165) is 34.5 Å². The molecule has 0 aliphatic carbocycles. The number of ether oxygens (including phenoxy) is 1. The van der Waals surface area contributed by atoms with Crippen LogP contribution in [0.2, 0.25) is 0 Å². The van der Waals surface area contributed by atoms with Crippen molar-refractivity contribution in [3.05, 3.63) is 54.4 Å². The maximum Gasteiger partial charge on any atom is 0.320 e. The summed E-state index contributed by atoms with van der Waals surface area (Å²) < 4.78 is 7.18. The molecule has 3 aromatic rings. The maximum absolute atomic E-state index is 12.1. The van der Waals surface area contributed by atoms with Gasteiger partial charge in [0.15, 0.2) is 0 Å². The first-order valence-corrected chi connectivity index (χ1v) is 7.74. The molecule has 0 saturated carbocycles. The smallest absolute Gasteiger partial charge is 0.320 e. The molecule has 0 fully saturated rings. The fraction of sp³-hybridized carbons (Fsp3) is 0.222. The van der Waals surface area contributed by atoms with Crippen molar-refractivity contribution in [2.45, 2.75) is 6.42 Å². The predicted molar refractivity (Wildman–Crippen MR) is 94.4 cm³/mol. The van der Waals surface area contributed by atoms with Crippen molar-refractivity contribution >= 4 is 22.8 Å². The number of fused-ring (bicyclic) bond motifs is 1. The first-order valence-electron chi connectivity index (χ1n) is 7.74. The molecule has 0 saturated heterocycles. The molecule has 124 valence electrons. The Hall–Kier alpha value is -3.02. The highest BCUT2D eigenvalue weighted by Crippen LogP contribution is 2.26. The molecule has 0 unspecified atom stereocenters. The summed E-state index contributed by atoms with van der Waals surface area (Å²) >= 11 is 0. The highest BCUT2D eigenvalue weighted by atomic mass is 16.5. The van der Waals surface area contributed by atoms with Crippen molar-refractivity contribution in [1.29, 1.82) is 0 Å².